The maximum absolute atomic E-state index is 12.1. The van der Waals surface area contributed by atoms with Gasteiger partial charge in [-0.2, -0.15) is 0 Å². The fourth-order valence-electron chi connectivity index (χ4n) is 2.31. The van der Waals surface area contributed by atoms with Crippen LogP contribution in [0.25, 0.3) is 0 Å². The van der Waals surface area contributed by atoms with E-state index in [1.165, 1.54) is 0 Å². The smallest absolute Gasteiger partial charge is 0.410 e. The minimum Gasteiger partial charge on any atom is -0.444 e. The number of carbonyl (C=O) groups is 1. The summed E-state index contributed by atoms with van der Waals surface area (Å²) in [6, 6.07) is 1.84. The van der Waals surface area contributed by atoms with E-state index >= 15 is 0 Å². The van der Waals surface area contributed by atoms with Crippen molar-refractivity contribution in [3.63, 3.8) is 0 Å². The lowest BCUT2D eigenvalue weighted by atomic mass is 10.1. The van der Waals surface area contributed by atoms with Crippen LogP contribution < -0.4 is 0 Å². The standard InChI is InChI=1S/C16H23ClN2O3/c1-15(2,3)22-14(20)19-8-6-16(4,11-19)21-10-12-5-7-18-9-13(12)17/h5,7,9H,6,8,10-11H2,1-4H3. The van der Waals surface area contributed by atoms with Crippen LogP contribution in [0, 0.1) is 0 Å². The predicted molar refractivity (Wildman–Crippen MR) is 84.9 cm³/mol. The molecular formula is C16H23ClN2O3. The summed E-state index contributed by atoms with van der Waals surface area (Å²) in [6.07, 6.45) is 3.77. The first kappa shape index (κ1) is 17.0. The van der Waals surface area contributed by atoms with Gasteiger partial charge < -0.3 is 14.4 Å². The second-order valence-corrected chi connectivity index (χ2v) is 7.26. The first-order valence-corrected chi connectivity index (χ1v) is 7.77. The summed E-state index contributed by atoms with van der Waals surface area (Å²) in [4.78, 5) is 17.7. The van der Waals surface area contributed by atoms with Crippen molar-refractivity contribution in [2.75, 3.05) is 13.1 Å². The number of carbonyl (C=O) groups excluding carboxylic acids is 1. The summed E-state index contributed by atoms with van der Waals surface area (Å²) in [6.45, 7) is 9.15. The zero-order chi connectivity index (χ0) is 16.4. The first-order chi connectivity index (χ1) is 10.2. The zero-order valence-electron chi connectivity index (χ0n) is 13.6. The molecule has 6 heteroatoms. The largest absolute Gasteiger partial charge is 0.444 e. The van der Waals surface area contributed by atoms with Gasteiger partial charge in [0.1, 0.15) is 5.60 Å². The summed E-state index contributed by atoms with van der Waals surface area (Å²) < 4.78 is 11.4. The molecule has 2 heterocycles. The van der Waals surface area contributed by atoms with E-state index < -0.39 is 5.60 Å². The van der Waals surface area contributed by atoms with E-state index in [-0.39, 0.29) is 11.7 Å². The van der Waals surface area contributed by atoms with Crippen LogP contribution in [0.3, 0.4) is 0 Å². The van der Waals surface area contributed by atoms with Crippen molar-refractivity contribution in [2.45, 2.75) is 51.9 Å². The topological polar surface area (TPSA) is 51.7 Å². The fourth-order valence-corrected chi connectivity index (χ4v) is 2.48. The highest BCUT2D eigenvalue weighted by atomic mass is 35.5. The second-order valence-electron chi connectivity index (χ2n) is 6.86. The van der Waals surface area contributed by atoms with Crippen molar-refractivity contribution in [1.29, 1.82) is 0 Å². The number of aromatic nitrogens is 1. The third-order valence-electron chi connectivity index (χ3n) is 3.52. The molecule has 1 aromatic rings. The number of halogens is 1. The van der Waals surface area contributed by atoms with Gasteiger partial charge in [0.05, 0.1) is 23.8 Å². The SMILES string of the molecule is CC(C)(C)OC(=O)N1CCC(C)(OCc2ccncc2Cl)C1. The Labute approximate surface area is 136 Å². The number of pyridine rings is 1. The quantitative estimate of drug-likeness (QED) is 0.850. The molecule has 1 aliphatic heterocycles. The maximum atomic E-state index is 12.1. The van der Waals surface area contributed by atoms with Crippen LogP contribution in [0.15, 0.2) is 18.5 Å². The number of hydrogen-bond donors (Lipinski definition) is 0. The van der Waals surface area contributed by atoms with Gasteiger partial charge in [-0.25, -0.2) is 4.79 Å². The Bertz CT molecular complexity index is 544. The van der Waals surface area contributed by atoms with Gasteiger partial charge in [0.2, 0.25) is 0 Å². The molecule has 0 radical (unpaired) electrons. The van der Waals surface area contributed by atoms with Crippen LogP contribution in [0.5, 0.6) is 0 Å². The molecular weight excluding hydrogens is 304 g/mol. The number of amides is 1. The molecule has 1 amide bonds. The number of rotatable bonds is 3. The van der Waals surface area contributed by atoms with Gasteiger partial charge in [-0.1, -0.05) is 11.6 Å². The molecule has 1 aromatic heterocycles. The van der Waals surface area contributed by atoms with Gasteiger partial charge in [-0.05, 0) is 45.7 Å². The summed E-state index contributed by atoms with van der Waals surface area (Å²) in [5.41, 5.74) is 0.0268. The molecule has 1 aliphatic rings. The van der Waals surface area contributed by atoms with Gasteiger partial charge in [0, 0.05) is 18.9 Å². The van der Waals surface area contributed by atoms with Crippen molar-refractivity contribution < 1.29 is 14.3 Å². The predicted octanol–water partition coefficient (Wildman–Crippen LogP) is 3.65. The second kappa shape index (κ2) is 6.42. The van der Waals surface area contributed by atoms with Crippen molar-refractivity contribution >= 4 is 17.7 Å². The highest BCUT2D eigenvalue weighted by Gasteiger charge is 2.38. The molecule has 5 nitrogen and oxygen atoms in total. The van der Waals surface area contributed by atoms with Crippen molar-refractivity contribution in [3.05, 3.63) is 29.0 Å². The van der Waals surface area contributed by atoms with Crippen LogP contribution in [0.1, 0.15) is 39.7 Å². The molecule has 122 valence electrons. The molecule has 1 unspecified atom stereocenters. The Balaban J connectivity index is 1.91. The summed E-state index contributed by atoms with van der Waals surface area (Å²) in [5.74, 6) is 0. The van der Waals surface area contributed by atoms with E-state index in [1.807, 2.05) is 33.8 Å². The van der Waals surface area contributed by atoms with Crippen LogP contribution in [0.4, 0.5) is 4.79 Å². The first-order valence-electron chi connectivity index (χ1n) is 7.39. The van der Waals surface area contributed by atoms with Crippen LogP contribution >= 0.6 is 11.6 Å². The summed E-state index contributed by atoms with van der Waals surface area (Å²) >= 11 is 6.08. The van der Waals surface area contributed by atoms with Crippen LogP contribution in [-0.4, -0.2) is 40.3 Å². The lowest BCUT2D eigenvalue weighted by Crippen LogP contribution is -2.39. The van der Waals surface area contributed by atoms with E-state index in [1.54, 1.807) is 17.3 Å². The molecule has 0 N–H and O–H groups in total. The lowest BCUT2D eigenvalue weighted by Gasteiger charge is -2.27. The molecule has 1 atom stereocenters. The van der Waals surface area contributed by atoms with Crippen molar-refractivity contribution in [2.24, 2.45) is 0 Å². The Kier molecular flexibility index (Phi) is 4.97. The number of ether oxygens (including phenoxy) is 2. The van der Waals surface area contributed by atoms with E-state index in [9.17, 15) is 4.79 Å². The van der Waals surface area contributed by atoms with Crippen molar-refractivity contribution in [3.8, 4) is 0 Å². The van der Waals surface area contributed by atoms with E-state index in [4.69, 9.17) is 21.1 Å². The minimum absolute atomic E-state index is 0.290. The molecule has 1 saturated heterocycles. The average Bonchev–Trinajstić information content (AvgIpc) is 2.79. The molecule has 0 aromatic carbocycles. The van der Waals surface area contributed by atoms with Gasteiger partial charge in [0.25, 0.3) is 0 Å². The van der Waals surface area contributed by atoms with Gasteiger partial charge >= 0.3 is 6.09 Å². The molecule has 0 spiro atoms. The molecule has 22 heavy (non-hydrogen) atoms. The number of nitrogens with zero attached hydrogens (tertiary/aromatic N) is 2. The number of likely N-dealkylation sites (tertiary alicyclic amines) is 1. The van der Waals surface area contributed by atoms with Gasteiger partial charge in [-0.3, -0.25) is 4.98 Å². The maximum Gasteiger partial charge on any atom is 0.410 e. The highest BCUT2D eigenvalue weighted by molar-refractivity contribution is 6.31. The van der Waals surface area contributed by atoms with Gasteiger partial charge in [0.15, 0.2) is 0 Å². The zero-order valence-corrected chi connectivity index (χ0v) is 14.3. The number of hydrogen-bond acceptors (Lipinski definition) is 4. The molecule has 2 rings (SSSR count). The van der Waals surface area contributed by atoms with Crippen molar-refractivity contribution in [1.82, 2.24) is 9.88 Å². The van der Waals surface area contributed by atoms with E-state index in [2.05, 4.69) is 4.98 Å². The highest BCUT2D eigenvalue weighted by Crippen LogP contribution is 2.28. The molecule has 0 aliphatic carbocycles. The Morgan fingerprint density at radius 2 is 2.23 bits per heavy atom. The minimum atomic E-state index is -0.485. The van der Waals surface area contributed by atoms with Gasteiger partial charge in [-0.15, -0.1) is 0 Å². The summed E-state index contributed by atoms with van der Waals surface area (Å²) in [7, 11) is 0. The van der Waals surface area contributed by atoms with Crippen LogP contribution in [-0.2, 0) is 16.1 Å². The summed E-state index contributed by atoms with van der Waals surface area (Å²) in [5, 5.41) is 0.591. The van der Waals surface area contributed by atoms with Crippen LogP contribution in [0.2, 0.25) is 5.02 Å². The third kappa shape index (κ3) is 4.58. The third-order valence-corrected chi connectivity index (χ3v) is 3.86. The normalized spacial score (nSPS) is 22.0. The average molecular weight is 327 g/mol. The molecule has 0 saturated carbocycles. The van der Waals surface area contributed by atoms with E-state index in [0.717, 1.165) is 12.0 Å². The molecule has 1 fully saturated rings. The van der Waals surface area contributed by atoms with E-state index in [0.29, 0.717) is 24.7 Å². The fraction of sp³-hybridized carbons (Fsp3) is 0.625. The monoisotopic (exact) mass is 326 g/mol. The Morgan fingerprint density at radius 3 is 2.86 bits per heavy atom. The lowest BCUT2D eigenvalue weighted by molar-refractivity contribution is -0.0374. The Hall–Kier alpha value is -1.33. The molecule has 0 bridgehead atoms. The Morgan fingerprint density at radius 1 is 1.50 bits per heavy atom.